The maximum Gasteiger partial charge on any atom is 0.138 e. The summed E-state index contributed by atoms with van der Waals surface area (Å²) in [6.45, 7) is 1.64. The Bertz CT molecular complexity index is 522. The molecule has 1 unspecified atom stereocenters. The molecule has 0 aliphatic heterocycles. The minimum absolute atomic E-state index is 0.285. The number of aliphatic hydroxyl groups is 1. The number of benzene rings is 1. The number of aromatic nitrogens is 3. The largest absolute Gasteiger partial charge is 0.385 e. The number of aryl methyl sites for hydroxylation is 1. The highest BCUT2D eigenvalue weighted by molar-refractivity contribution is 5.23. The van der Waals surface area contributed by atoms with Crippen molar-refractivity contribution in [3.63, 3.8) is 0 Å². The SMILES string of the molecule is Cn1ncnc1CC(C)(O)c1cccc(F)c1. The van der Waals surface area contributed by atoms with Crippen LogP contribution in [0.1, 0.15) is 18.3 Å². The minimum Gasteiger partial charge on any atom is -0.385 e. The van der Waals surface area contributed by atoms with Crippen LogP contribution in [0.3, 0.4) is 0 Å². The standard InChI is InChI=1S/C12H14FN3O/c1-12(17,7-11-14-8-15-16(11)2)9-4-3-5-10(13)6-9/h3-6,8,17H,7H2,1-2H3. The molecule has 1 atom stereocenters. The Kier molecular flexibility index (Phi) is 2.93. The molecule has 0 aliphatic carbocycles. The molecule has 1 aromatic carbocycles. The van der Waals surface area contributed by atoms with Crippen LogP contribution >= 0.6 is 0 Å². The molecular weight excluding hydrogens is 221 g/mol. The van der Waals surface area contributed by atoms with Gasteiger partial charge in [0.2, 0.25) is 0 Å². The predicted molar refractivity (Wildman–Crippen MR) is 60.7 cm³/mol. The Morgan fingerprint density at radius 2 is 2.24 bits per heavy atom. The van der Waals surface area contributed by atoms with Crippen LogP contribution in [0.2, 0.25) is 0 Å². The summed E-state index contributed by atoms with van der Waals surface area (Å²) >= 11 is 0. The van der Waals surface area contributed by atoms with E-state index in [0.29, 0.717) is 11.4 Å². The highest BCUT2D eigenvalue weighted by Gasteiger charge is 2.26. The number of hydrogen-bond donors (Lipinski definition) is 1. The van der Waals surface area contributed by atoms with Gasteiger partial charge in [0.1, 0.15) is 18.0 Å². The van der Waals surface area contributed by atoms with Crippen molar-refractivity contribution in [2.45, 2.75) is 18.9 Å². The summed E-state index contributed by atoms with van der Waals surface area (Å²) in [6.07, 6.45) is 1.71. The molecule has 0 spiro atoms. The predicted octanol–water partition coefficient (Wildman–Crippen LogP) is 1.40. The summed E-state index contributed by atoms with van der Waals surface area (Å²) < 4.78 is 14.7. The number of hydrogen-bond acceptors (Lipinski definition) is 3. The number of rotatable bonds is 3. The molecule has 1 aromatic heterocycles. The molecule has 0 bridgehead atoms. The van der Waals surface area contributed by atoms with Gasteiger partial charge < -0.3 is 5.11 Å². The first-order valence-corrected chi connectivity index (χ1v) is 5.30. The fraction of sp³-hybridized carbons (Fsp3) is 0.333. The average Bonchev–Trinajstić information content (AvgIpc) is 2.64. The van der Waals surface area contributed by atoms with Crippen molar-refractivity contribution in [3.8, 4) is 0 Å². The molecule has 0 aliphatic rings. The van der Waals surface area contributed by atoms with Crippen LogP contribution in [-0.4, -0.2) is 19.9 Å². The van der Waals surface area contributed by atoms with Crippen molar-refractivity contribution in [2.75, 3.05) is 0 Å². The molecule has 0 amide bonds. The third-order valence-electron chi connectivity index (χ3n) is 2.75. The summed E-state index contributed by atoms with van der Waals surface area (Å²) in [6, 6.07) is 5.95. The first-order chi connectivity index (χ1) is 7.99. The van der Waals surface area contributed by atoms with Crippen LogP contribution in [0, 0.1) is 5.82 Å². The summed E-state index contributed by atoms with van der Waals surface area (Å²) in [5.41, 5.74) is -0.636. The van der Waals surface area contributed by atoms with E-state index in [0.717, 1.165) is 0 Å². The molecule has 1 N–H and O–H groups in total. The van der Waals surface area contributed by atoms with E-state index >= 15 is 0 Å². The van der Waals surface area contributed by atoms with Crippen molar-refractivity contribution in [1.82, 2.24) is 14.8 Å². The average molecular weight is 235 g/mol. The van der Waals surface area contributed by atoms with E-state index in [1.807, 2.05) is 0 Å². The van der Waals surface area contributed by atoms with Crippen molar-refractivity contribution in [3.05, 3.63) is 47.8 Å². The van der Waals surface area contributed by atoms with Gasteiger partial charge in [0.05, 0.1) is 5.60 Å². The van der Waals surface area contributed by atoms with Gasteiger partial charge in [0, 0.05) is 13.5 Å². The van der Waals surface area contributed by atoms with Gasteiger partial charge in [-0.3, -0.25) is 4.68 Å². The maximum atomic E-state index is 13.1. The first-order valence-electron chi connectivity index (χ1n) is 5.30. The quantitative estimate of drug-likeness (QED) is 0.875. The van der Waals surface area contributed by atoms with E-state index in [4.69, 9.17) is 0 Å². The zero-order valence-corrected chi connectivity index (χ0v) is 9.76. The lowest BCUT2D eigenvalue weighted by atomic mass is 9.92. The Labute approximate surface area is 98.7 Å². The Morgan fingerprint density at radius 1 is 1.47 bits per heavy atom. The third kappa shape index (κ3) is 2.50. The van der Waals surface area contributed by atoms with E-state index in [1.54, 1.807) is 30.8 Å². The molecule has 4 nitrogen and oxygen atoms in total. The fourth-order valence-corrected chi connectivity index (χ4v) is 1.71. The van der Waals surface area contributed by atoms with E-state index in [9.17, 15) is 9.50 Å². The van der Waals surface area contributed by atoms with Crippen molar-refractivity contribution in [1.29, 1.82) is 0 Å². The van der Waals surface area contributed by atoms with Crippen LogP contribution < -0.4 is 0 Å². The maximum absolute atomic E-state index is 13.1. The molecule has 17 heavy (non-hydrogen) atoms. The van der Waals surface area contributed by atoms with Gasteiger partial charge in [-0.05, 0) is 24.6 Å². The molecule has 0 radical (unpaired) electrons. The zero-order valence-electron chi connectivity index (χ0n) is 9.76. The lowest BCUT2D eigenvalue weighted by Gasteiger charge is -2.23. The van der Waals surface area contributed by atoms with Gasteiger partial charge in [0.25, 0.3) is 0 Å². The normalized spacial score (nSPS) is 14.6. The van der Waals surface area contributed by atoms with Crippen LogP contribution in [0.4, 0.5) is 4.39 Å². The lowest BCUT2D eigenvalue weighted by molar-refractivity contribution is 0.0542. The lowest BCUT2D eigenvalue weighted by Crippen LogP contribution is -2.26. The molecule has 0 saturated carbocycles. The molecule has 90 valence electrons. The zero-order chi connectivity index (χ0) is 12.5. The Balaban J connectivity index is 2.27. The second-order valence-electron chi connectivity index (χ2n) is 4.26. The van der Waals surface area contributed by atoms with Gasteiger partial charge in [-0.2, -0.15) is 5.10 Å². The fourth-order valence-electron chi connectivity index (χ4n) is 1.71. The Morgan fingerprint density at radius 3 is 2.82 bits per heavy atom. The van der Waals surface area contributed by atoms with Crippen LogP contribution in [0.5, 0.6) is 0 Å². The molecule has 0 saturated heterocycles. The van der Waals surface area contributed by atoms with Crippen LogP contribution in [0.25, 0.3) is 0 Å². The highest BCUT2D eigenvalue weighted by atomic mass is 19.1. The Hall–Kier alpha value is -1.75. The summed E-state index contributed by atoms with van der Waals surface area (Å²) in [7, 11) is 1.75. The second-order valence-corrected chi connectivity index (χ2v) is 4.26. The summed E-state index contributed by atoms with van der Waals surface area (Å²) in [5.74, 6) is 0.292. The topological polar surface area (TPSA) is 50.9 Å². The van der Waals surface area contributed by atoms with E-state index in [2.05, 4.69) is 10.1 Å². The molecule has 2 aromatic rings. The van der Waals surface area contributed by atoms with E-state index < -0.39 is 5.60 Å². The van der Waals surface area contributed by atoms with Crippen molar-refractivity contribution >= 4 is 0 Å². The summed E-state index contributed by atoms with van der Waals surface area (Å²) in [5, 5.41) is 14.3. The van der Waals surface area contributed by atoms with Crippen LogP contribution in [0.15, 0.2) is 30.6 Å². The number of nitrogens with zero attached hydrogens (tertiary/aromatic N) is 3. The van der Waals surface area contributed by atoms with Gasteiger partial charge in [-0.25, -0.2) is 9.37 Å². The van der Waals surface area contributed by atoms with Gasteiger partial charge in [-0.1, -0.05) is 12.1 Å². The van der Waals surface area contributed by atoms with E-state index in [1.165, 1.54) is 18.5 Å². The highest BCUT2D eigenvalue weighted by Crippen LogP contribution is 2.24. The monoisotopic (exact) mass is 235 g/mol. The van der Waals surface area contributed by atoms with Gasteiger partial charge in [-0.15, -0.1) is 0 Å². The first kappa shape index (κ1) is 11.7. The van der Waals surface area contributed by atoms with Crippen LogP contribution in [-0.2, 0) is 19.1 Å². The van der Waals surface area contributed by atoms with Crippen molar-refractivity contribution in [2.24, 2.45) is 7.05 Å². The van der Waals surface area contributed by atoms with Gasteiger partial charge >= 0.3 is 0 Å². The molecule has 5 heteroatoms. The van der Waals surface area contributed by atoms with Gasteiger partial charge in [0.15, 0.2) is 0 Å². The second kappa shape index (κ2) is 4.25. The smallest absolute Gasteiger partial charge is 0.138 e. The molecule has 2 rings (SSSR count). The number of halogens is 1. The molecular formula is C12H14FN3O. The summed E-state index contributed by atoms with van der Waals surface area (Å²) in [4.78, 5) is 4.05. The molecule has 1 heterocycles. The van der Waals surface area contributed by atoms with E-state index in [-0.39, 0.29) is 12.2 Å². The minimum atomic E-state index is -1.16. The van der Waals surface area contributed by atoms with Crippen molar-refractivity contribution < 1.29 is 9.50 Å². The molecule has 0 fully saturated rings. The third-order valence-corrected chi connectivity index (χ3v) is 2.75.